The van der Waals surface area contributed by atoms with Crippen LogP contribution in [0.25, 0.3) is 10.8 Å². The van der Waals surface area contributed by atoms with Crippen LogP contribution in [-0.4, -0.2) is 11.5 Å². The van der Waals surface area contributed by atoms with Crippen LogP contribution in [0.2, 0.25) is 0 Å². The van der Waals surface area contributed by atoms with Crippen LogP contribution in [0.15, 0.2) is 60.8 Å². The summed E-state index contributed by atoms with van der Waals surface area (Å²) in [6, 6.07) is 18.9. The zero-order valence-corrected chi connectivity index (χ0v) is 12.1. The van der Waals surface area contributed by atoms with Gasteiger partial charge in [0.2, 0.25) is 0 Å². The third-order valence-corrected chi connectivity index (χ3v) is 3.48. The van der Waals surface area contributed by atoms with E-state index in [9.17, 15) is 0 Å². The fourth-order valence-corrected chi connectivity index (χ4v) is 2.46. The van der Waals surface area contributed by atoms with Crippen molar-refractivity contribution in [2.45, 2.75) is 13.5 Å². The molecule has 0 amide bonds. The molecular weight excluding hydrogens is 258 g/mol. The van der Waals surface area contributed by atoms with Gasteiger partial charge in [-0.1, -0.05) is 42.5 Å². The van der Waals surface area contributed by atoms with Crippen molar-refractivity contribution < 1.29 is 0 Å². The van der Waals surface area contributed by atoms with Crippen molar-refractivity contribution in [2.24, 2.45) is 0 Å². The van der Waals surface area contributed by atoms with Gasteiger partial charge in [-0.3, -0.25) is 0 Å². The number of hydrogen-bond acceptors (Lipinski definition) is 3. The molecule has 0 saturated carbocycles. The van der Waals surface area contributed by atoms with Gasteiger partial charge >= 0.3 is 0 Å². The monoisotopic (exact) mass is 277 g/mol. The quantitative estimate of drug-likeness (QED) is 0.731. The van der Waals surface area contributed by atoms with Gasteiger partial charge in [0.15, 0.2) is 0 Å². The Kier molecular flexibility index (Phi) is 4.01. The van der Waals surface area contributed by atoms with Gasteiger partial charge in [0, 0.05) is 31.0 Å². The first-order chi connectivity index (χ1) is 10.4. The maximum Gasteiger partial charge on any atom is 0.127 e. The average molecular weight is 277 g/mol. The summed E-state index contributed by atoms with van der Waals surface area (Å²) in [5, 5.41) is 9.27. The lowest BCUT2D eigenvalue weighted by molar-refractivity contribution is 1.13. The van der Waals surface area contributed by atoms with E-state index in [1.165, 1.54) is 16.3 Å². The summed E-state index contributed by atoms with van der Waals surface area (Å²) in [5.74, 6) is 0.903. The summed E-state index contributed by atoms with van der Waals surface area (Å²) in [5.41, 5.74) is 2.38. The molecule has 0 unspecified atom stereocenters. The van der Waals surface area contributed by atoms with Crippen molar-refractivity contribution in [1.29, 1.82) is 0 Å². The van der Waals surface area contributed by atoms with E-state index in [0.717, 1.165) is 24.6 Å². The second kappa shape index (κ2) is 6.27. The van der Waals surface area contributed by atoms with Crippen LogP contribution >= 0.6 is 0 Å². The molecule has 0 atom stereocenters. The highest BCUT2D eigenvalue weighted by Gasteiger charge is 2.01. The number of benzene rings is 2. The molecule has 2 N–H and O–H groups in total. The smallest absolute Gasteiger partial charge is 0.127 e. The molecule has 0 aliphatic heterocycles. The van der Waals surface area contributed by atoms with Crippen molar-refractivity contribution in [1.82, 2.24) is 4.98 Å². The summed E-state index contributed by atoms with van der Waals surface area (Å²) >= 11 is 0. The fourth-order valence-electron chi connectivity index (χ4n) is 2.46. The SMILES string of the molecule is CCNc1cc(NCc2cccc3ccccc23)ccn1. The van der Waals surface area contributed by atoms with Gasteiger partial charge < -0.3 is 10.6 Å². The van der Waals surface area contributed by atoms with Gasteiger partial charge in [0.05, 0.1) is 0 Å². The highest BCUT2D eigenvalue weighted by atomic mass is 15.0. The summed E-state index contributed by atoms with van der Waals surface area (Å²) < 4.78 is 0. The van der Waals surface area contributed by atoms with E-state index in [-0.39, 0.29) is 0 Å². The standard InChI is InChI=1S/C18H19N3/c1-2-19-18-12-16(10-11-20-18)21-13-15-8-5-7-14-6-3-4-9-17(14)15/h3-12H,2,13H2,1H3,(H2,19,20,21). The Labute approximate surface area is 125 Å². The third-order valence-electron chi connectivity index (χ3n) is 3.48. The Morgan fingerprint density at radius 1 is 0.952 bits per heavy atom. The molecule has 0 bridgehead atoms. The van der Waals surface area contributed by atoms with Crippen LogP contribution < -0.4 is 10.6 Å². The maximum absolute atomic E-state index is 4.28. The molecule has 0 aliphatic carbocycles. The lowest BCUT2D eigenvalue weighted by Gasteiger charge is -2.10. The predicted molar refractivity (Wildman–Crippen MR) is 89.7 cm³/mol. The molecule has 3 aromatic rings. The lowest BCUT2D eigenvalue weighted by Crippen LogP contribution is -2.03. The molecule has 1 heterocycles. The molecule has 3 rings (SSSR count). The minimum Gasteiger partial charge on any atom is -0.381 e. The lowest BCUT2D eigenvalue weighted by atomic mass is 10.0. The van der Waals surface area contributed by atoms with Crippen LogP contribution in [0.5, 0.6) is 0 Å². The first kappa shape index (κ1) is 13.4. The zero-order chi connectivity index (χ0) is 14.5. The fraction of sp³-hybridized carbons (Fsp3) is 0.167. The number of pyridine rings is 1. The third kappa shape index (κ3) is 3.14. The number of anilines is 2. The molecule has 0 radical (unpaired) electrons. The minimum atomic E-state index is 0.803. The Bertz CT molecular complexity index is 732. The van der Waals surface area contributed by atoms with E-state index in [1.54, 1.807) is 0 Å². The van der Waals surface area contributed by atoms with Gasteiger partial charge in [-0.25, -0.2) is 4.98 Å². The van der Waals surface area contributed by atoms with E-state index in [4.69, 9.17) is 0 Å². The Morgan fingerprint density at radius 3 is 2.71 bits per heavy atom. The van der Waals surface area contributed by atoms with Gasteiger partial charge in [-0.15, -0.1) is 0 Å². The van der Waals surface area contributed by atoms with Crippen molar-refractivity contribution in [3.63, 3.8) is 0 Å². The second-order valence-electron chi connectivity index (χ2n) is 4.95. The molecular formula is C18H19N3. The molecule has 2 aromatic carbocycles. The highest BCUT2D eigenvalue weighted by Crippen LogP contribution is 2.20. The van der Waals surface area contributed by atoms with Crippen molar-refractivity contribution in [3.05, 3.63) is 66.4 Å². The molecule has 1 aromatic heterocycles. The van der Waals surface area contributed by atoms with Crippen LogP contribution in [0.1, 0.15) is 12.5 Å². The number of nitrogens with zero attached hydrogens (tertiary/aromatic N) is 1. The summed E-state index contributed by atoms with van der Waals surface area (Å²) in [6.45, 7) is 3.74. The molecule has 3 nitrogen and oxygen atoms in total. The number of fused-ring (bicyclic) bond motifs is 1. The predicted octanol–water partition coefficient (Wildman–Crippen LogP) is 4.28. The average Bonchev–Trinajstić information content (AvgIpc) is 2.53. The summed E-state index contributed by atoms with van der Waals surface area (Å²) in [4.78, 5) is 4.28. The Balaban J connectivity index is 1.79. The molecule has 0 saturated heterocycles. The van der Waals surface area contributed by atoms with Crippen LogP contribution in [0.4, 0.5) is 11.5 Å². The zero-order valence-electron chi connectivity index (χ0n) is 12.1. The Morgan fingerprint density at radius 2 is 1.81 bits per heavy atom. The molecule has 0 aliphatic rings. The molecule has 21 heavy (non-hydrogen) atoms. The molecule has 0 fully saturated rings. The van der Waals surface area contributed by atoms with Gasteiger partial charge in [-0.2, -0.15) is 0 Å². The van der Waals surface area contributed by atoms with Crippen LogP contribution in [-0.2, 0) is 6.54 Å². The van der Waals surface area contributed by atoms with Crippen LogP contribution in [0, 0.1) is 0 Å². The van der Waals surface area contributed by atoms with E-state index in [0.29, 0.717) is 0 Å². The maximum atomic E-state index is 4.28. The van der Waals surface area contributed by atoms with Crippen molar-refractivity contribution in [2.75, 3.05) is 17.2 Å². The van der Waals surface area contributed by atoms with Crippen molar-refractivity contribution in [3.8, 4) is 0 Å². The largest absolute Gasteiger partial charge is 0.381 e. The van der Waals surface area contributed by atoms with Gasteiger partial charge in [0.25, 0.3) is 0 Å². The summed E-state index contributed by atoms with van der Waals surface area (Å²) in [6.07, 6.45) is 1.82. The molecule has 106 valence electrons. The molecule has 0 spiro atoms. The summed E-state index contributed by atoms with van der Waals surface area (Å²) in [7, 11) is 0. The normalized spacial score (nSPS) is 10.5. The first-order valence-electron chi connectivity index (χ1n) is 7.27. The molecule has 3 heteroatoms. The first-order valence-corrected chi connectivity index (χ1v) is 7.27. The topological polar surface area (TPSA) is 37.0 Å². The van der Waals surface area contributed by atoms with Crippen molar-refractivity contribution >= 4 is 22.3 Å². The van der Waals surface area contributed by atoms with Gasteiger partial charge in [-0.05, 0) is 29.3 Å². The highest BCUT2D eigenvalue weighted by molar-refractivity contribution is 5.85. The number of nitrogens with one attached hydrogen (secondary N) is 2. The van der Waals surface area contributed by atoms with E-state index in [2.05, 4.69) is 65.0 Å². The number of hydrogen-bond donors (Lipinski definition) is 2. The van der Waals surface area contributed by atoms with E-state index >= 15 is 0 Å². The minimum absolute atomic E-state index is 0.803. The van der Waals surface area contributed by atoms with Gasteiger partial charge in [0.1, 0.15) is 5.82 Å². The van der Waals surface area contributed by atoms with E-state index < -0.39 is 0 Å². The number of rotatable bonds is 5. The Hall–Kier alpha value is -2.55. The number of aromatic nitrogens is 1. The second-order valence-corrected chi connectivity index (χ2v) is 4.95. The van der Waals surface area contributed by atoms with Crippen LogP contribution in [0.3, 0.4) is 0 Å². The van der Waals surface area contributed by atoms with E-state index in [1.807, 2.05) is 18.3 Å².